The van der Waals surface area contributed by atoms with E-state index in [4.69, 9.17) is 16.9 Å². The third kappa shape index (κ3) is 3.07. The van der Waals surface area contributed by atoms with Gasteiger partial charge < -0.3 is 0 Å². The molecule has 0 amide bonds. The van der Waals surface area contributed by atoms with E-state index in [-0.39, 0.29) is 4.21 Å². The molecule has 1 heterocycles. The van der Waals surface area contributed by atoms with Crippen LogP contribution in [0.5, 0.6) is 0 Å². The number of thiophene rings is 1. The molecule has 0 fully saturated rings. The van der Waals surface area contributed by atoms with Gasteiger partial charge in [-0.05, 0) is 36.8 Å². The van der Waals surface area contributed by atoms with E-state index in [9.17, 15) is 8.42 Å². The van der Waals surface area contributed by atoms with E-state index in [1.807, 2.05) is 13.0 Å². The number of hydrogen-bond acceptors (Lipinski definition) is 4. The van der Waals surface area contributed by atoms with E-state index in [2.05, 4.69) is 4.72 Å². The standard InChI is InChI=1S/C12H9ClN2O2S2/c1-8-2-4-10(13)11(6-8)15-19(16,17)12-5-3-9(7-14)18-12/h2-6,15H,1H3. The second kappa shape index (κ2) is 5.21. The van der Waals surface area contributed by atoms with E-state index >= 15 is 0 Å². The highest BCUT2D eigenvalue weighted by atomic mass is 35.5. The van der Waals surface area contributed by atoms with Crippen LogP contribution < -0.4 is 4.72 Å². The molecular formula is C12H9ClN2O2S2. The first-order valence-electron chi connectivity index (χ1n) is 5.21. The molecule has 0 atom stereocenters. The SMILES string of the molecule is Cc1ccc(Cl)c(NS(=O)(=O)c2ccc(C#N)s2)c1. The summed E-state index contributed by atoms with van der Waals surface area (Å²) in [5.74, 6) is 0. The Kier molecular flexibility index (Phi) is 3.80. The predicted octanol–water partition coefficient (Wildman–Crippen LogP) is 3.38. The molecule has 1 aromatic carbocycles. The average molecular weight is 313 g/mol. The lowest BCUT2D eigenvalue weighted by atomic mass is 10.2. The van der Waals surface area contributed by atoms with E-state index < -0.39 is 10.0 Å². The van der Waals surface area contributed by atoms with Gasteiger partial charge in [0.05, 0.1) is 10.7 Å². The molecule has 2 rings (SSSR count). The monoisotopic (exact) mass is 312 g/mol. The molecule has 7 heteroatoms. The molecule has 0 radical (unpaired) electrons. The molecule has 0 spiro atoms. The molecule has 98 valence electrons. The van der Waals surface area contributed by atoms with E-state index in [0.29, 0.717) is 15.6 Å². The largest absolute Gasteiger partial charge is 0.277 e. The molecule has 0 aliphatic heterocycles. The van der Waals surface area contributed by atoms with Crippen LogP contribution in [-0.4, -0.2) is 8.42 Å². The summed E-state index contributed by atoms with van der Waals surface area (Å²) in [7, 11) is -3.71. The highest BCUT2D eigenvalue weighted by Gasteiger charge is 2.18. The maximum Gasteiger partial charge on any atom is 0.271 e. The number of nitrogens with one attached hydrogen (secondary N) is 1. The van der Waals surface area contributed by atoms with E-state index in [0.717, 1.165) is 16.9 Å². The molecule has 1 N–H and O–H groups in total. The van der Waals surface area contributed by atoms with Crippen molar-refractivity contribution in [3.63, 3.8) is 0 Å². The summed E-state index contributed by atoms with van der Waals surface area (Å²) >= 11 is 6.86. The second-order valence-electron chi connectivity index (χ2n) is 3.82. The molecule has 0 saturated heterocycles. The summed E-state index contributed by atoms with van der Waals surface area (Å²) in [5.41, 5.74) is 1.22. The lowest BCUT2D eigenvalue weighted by Crippen LogP contribution is -2.11. The number of aryl methyl sites for hydroxylation is 1. The van der Waals surface area contributed by atoms with Crippen molar-refractivity contribution in [2.45, 2.75) is 11.1 Å². The second-order valence-corrected chi connectivity index (χ2v) is 7.22. The Morgan fingerprint density at radius 1 is 1.32 bits per heavy atom. The van der Waals surface area contributed by atoms with Crippen LogP contribution in [0.2, 0.25) is 5.02 Å². The van der Waals surface area contributed by atoms with E-state index in [1.165, 1.54) is 12.1 Å². The zero-order chi connectivity index (χ0) is 14.0. The molecule has 0 aliphatic carbocycles. The maximum atomic E-state index is 12.1. The van der Waals surface area contributed by atoms with Gasteiger partial charge in [-0.1, -0.05) is 17.7 Å². The Labute approximate surface area is 120 Å². The lowest BCUT2D eigenvalue weighted by Gasteiger charge is -2.08. The molecule has 1 aromatic heterocycles. The van der Waals surface area contributed by atoms with Crippen LogP contribution in [0.3, 0.4) is 0 Å². The Hall–Kier alpha value is -1.55. The topological polar surface area (TPSA) is 70.0 Å². The number of anilines is 1. The van der Waals surface area contributed by atoms with Gasteiger partial charge in [-0.2, -0.15) is 5.26 Å². The molecular weight excluding hydrogens is 304 g/mol. The minimum atomic E-state index is -3.71. The molecule has 2 aromatic rings. The van der Waals surface area contributed by atoms with Crippen molar-refractivity contribution in [3.8, 4) is 6.07 Å². The van der Waals surface area contributed by atoms with Gasteiger partial charge in [-0.15, -0.1) is 11.3 Å². The summed E-state index contributed by atoms with van der Waals surface area (Å²) in [5, 5.41) is 9.04. The third-order valence-corrected chi connectivity index (χ3v) is 5.50. The lowest BCUT2D eigenvalue weighted by molar-refractivity contribution is 0.603. The fourth-order valence-corrected chi connectivity index (χ4v) is 3.83. The first kappa shape index (κ1) is 13.9. The molecule has 0 bridgehead atoms. The highest BCUT2D eigenvalue weighted by molar-refractivity contribution is 7.94. The van der Waals surface area contributed by atoms with Gasteiger partial charge in [0.1, 0.15) is 15.2 Å². The number of hydrogen-bond donors (Lipinski definition) is 1. The zero-order valence-corrected chi connectivity index (χ0v) is 12.2. The Morgan fingerprint density at radius 3 is 2.68 bits per heavy atom. The molecule has 0 saturated carbocycles. The minimum absolute atomic E-state index is 0.0848. The predicted molar refractivity (Wildman–Crippen MR) is 76.0 cm³/mol. The van der Waals surface area contributed by atoms with Crippen molar-refractivity contribution >= 4 is 38.6 Å². The molecule has 0 unspecified atom stereocenters. The highest BCUT2D eigenvalue weighted by Crippen LogP contribution is 2.28. The molecule has 0 aliphatic rings. The van der Waals surface area contributed by atoms with Crippen molar-refractivity contribution < 1.29 is 8.42 Å². The van der Waals surface area contributed by atoms with Crippen molar-refractivity contribution in [1.29, 1.82) is 5.26 Å². The van der Waals surface area contributed by atoms with Crippen LogP contribution in [0.1, 0.15) is 10.4 Å². The third-order valence-electron chi connectivity index (χ3n) is 2.32. The van der Waals surface area contributed by atoms with Gasteiger partial charge in [0.2, 0.25) is 0 Å². The van der Waals surface area contributed by atoms with Crippen LogP contribution >= 0.6 is 22.9 Å². The maximum absolute atomic E-state index is 12.1. The number of halogens is 1. The summed E-state index contributed by atoms with van der Waals surface area (Å²) in [6.07, 6.45) is 0. The van der Waals surface area contributed by atoms with Gasteiger partial charge in [0.15, 0.2) is 0 Å². The summed E-state index contributed by atoms with van der Waals surface area (Å²) in [4.78, 5) is 0.343. The smallest absolute Gasteiger partial charge is 0.271 e. The van der Waals surface area contributed by atoms with Crippen molar-refractivity contribution in [3.05, 3.63) is 45.8 Å². The molecule has 19 heavy (non-hydrogen) atoms. The van der Waals surface area contributed by atoms with Crippen LogP contribution in [0.25, 0.3) is 0 Å². The Morgan fingerprint density at radius 2 is 2.05 bits per heavy atom. The van der Waals surface area contributed by atoms with Crippen molar-refractivity contribution in [2.75, 3.05) is 4.72 Å². The van der Waals surface area contributed by atoms with Crippen LogP contribution in [0.15, 0.2) is 34.5 Å². The van der Waals surface area contributed by atoms with Crippen molar-refractivity contribution in [2.24, 2.45) is 0 Å². The van der Waals surface area contributed by atoms with Crippen LogP contribution in [0.4, 0.5) is 5.69 Å². The van der Waals surface area contributed by atoms with E-state index in [1.54, 1.807) is 18.2 Å². The van der Waals surface area contributed by atoms with Crippen LogP contribution in [0, 0.1) is 18.3 Å². The number of benzene rings is 1. The van der Waals surface area contributed by atoms with Crippen molar-refractivity contribution in [1.82, 2.24) is 0 Å². The number of nitrogens with zero attached hydrogens (tertiary/aromatic N) is 1. The fourth-order valence-electron chi connectivity index (χ4n) is 1.44. The summed E-state index contributed by atoms with van der Waals surface area (Å²) < 4.78 is 26.8. The number of rotatable bonds is 3. The van der Waals surface area contributed by atoms with Gasteiger partial charge in [0, 0.05) is 0 Å². The molecule has 4 nitrogen and oxygen atoms in total. The normalized spacial score (nSPS) is 11.0. The Bertz CT molecular complexity index is 760. The number of nitriles is 1. The van der Waals surface area contributed by atoms with Crippen LogP contribution in [-0.2, 0) is 10.0 Å². The van der Waals surface area contributed by atoms with Gasteiger partial charge >= 0.3 is 0 Å². The first-order valence-corrected chi connectivity index (χ1v) is 7.89. The average Bonchev–Trinajstić information content (AvgIpc) is 2.83. The number of sulfonamides is 1. The summed E-state index contributed by atoms with van der Waals surface area (Å²) in [6.45, 7) is 1.84. The van der Waals surface area contributed by atoms with Gasteiger partial charge in [-0.25, -0.2) is 8.42 Å². The quantitative estimate of drug-likeness (QED) is 0.944. The Balaban J connectivity index is 2.36. The van der Waals surface area contributed by atoms with Gasteiger partial charge in [0.25, 0.3) is 10.0 Å². The first-order chi connectivity index (χ1) is 8.92. The summed E-state index contributed by atoms with van der Waals surface area (Å²) in [6, 6.07) is 9.84. The fraction of sp³-hybridized carbons (Fsp3) is 0.0833. The minimum Gasteiger partial charge on any atom is -0.277 e. The van der Waals surface area contributed by atoms with Gasteiger partial charge in [-0.3, -0.25) is 4.72 Å². The zero-order valence-electron chi connectivity index (χ0n) is 9.84.